The van der Waals surface area contributed by atoms with Gasteiger partial charge in [0.1, 0.15) is 18.1 Å². The number of carbonyl (C=O) groups excluding carboxylic acids is 1. The largest absolute Gasteiger partial charge is 1.00 e. The number of phenols is 1. The average Bonchev–Trinajstić information content (AvgIpc) is 2.99. The van der Waals surface area contributed by atoms with Crippen LogP contribution in [0.25, 0.3) is 0 Å². The fourth-order valence-electron chi connectivity index (χ4n) is 4.48. The van der Waals surface area contributed by atoms with Crippen molar-refractivity contribution in [1.29, 1.82) is 0 Å². The Bertz CT molecular complexity index is 2370. The summed E-state index contributed by atoms with van der Waals surface area (Å²) in [6.07, 6.45) is 0. The van der Waals surface area contributed by atoms with Crippen LogP contribution in [0.4, 0.5) is 0 Å². The smallest absolute Gasteiger partial charge is 0.871 e. The molecule has 0 unspecified atom stereocenters. The molecule has 0 saturated heterocycles. The van der Waals surface area contributed by atoms with E-state index in [1.165, 1.54) is 12.1 Å². The number of carboxylic acids is 1. The first kappa shape index (κ1) is 50.8. The van der Waals surface area contributed by atoms with Gasteiger partial charge in [0.2, 0.25) is 0 Å². The predicted octanol–water partition coefficient (Wildman–Crippen LogP) is -5.36. The molecular weight excluding hydrogens is 894 g/mol. The average molecular weight is 917 g/mol. The molecule has 15 nitrogen and oxygen atoms in total. The topological polar surface area (TPSA) is 279 Å². The van der Waals surface area contributed by atoms with Crippen LogP contribution in [-0.2, 0) is 40.6 Å². The molecule has 0 aliphatic carbocycles. The van der Waals surface area contributed by atoms with Crippen LogP contribution in [-0.4, -0.2) is 56.6 Å². The van der Waals surface area contributed by atoms with Gasteiger partial charge < -0.3 is 30.0 Å². The Kier molecular flexibility index (Phi) is 17.5. The molecule has 55 heavy (non-hydrogen) atoms. The fourth-order valence-corrected chi connectivity index (χ4v) is 11.0. The maximum Gasteiger partial charge on any atom is 1.00 e. The van der Waals surface area contributed by atoms with Gasteiger partial charge in [-0.1, -0.05) is 79.3 Å². The minimum atomic E-state index is -5.05. The van der Waals surface area contributed by atoms with E-state index in [2.05, 4.69) is 0 Å². The molecular formula is C30H23Na3O15S7. The summed E-state index contributed by atoms with van der Waals surface area (Å²) >= 11 is 1.80. The summed E-state index contributed by atoms with van der Waals surface area (Å²) in [6.45, 7) is 4.32. The van der Waals surface area contributed by atoms with Gasteiger partial charge in [0.15, 0.2) is 0 Å². The molecule has 0 aromatic heterocycles. The van der Waals surface area contributed by atoms with Crippen molar-refractivity contribution in [1.82, 2.24) is 0 Å². The normalized spacial score (nSPS) is 13.1. The first-order valence-electron chi connectivity index (χ1n) is 14.0. The van der Waals surface area contributed by atoms with Crippen molar-refractivity contribution < 1.29 is 158 Å². The van der Waals surface area contributed by atoms with E-state index in [1.54, 1.807) is 20.8 Å². The standard InChI is InChI=1S/C30H26O15S7.3Na/c1-30(2,3)13-4-23-29(45-12-25(31)32)24(5-13)49-22-11-16(52(42,43)44)9-20(28(22)35)47-18-7-14(50(36,37)38)6-17(26(18)33)46-19-8-15(51(39,40)41)10-21(48-23)27(19)34;;;/h4-11,33-35H,12H2,1-3H3,(H,31,32)(H,36,37,38)(H,39,40,41)(H,42,43,44);;;/q;3*+1/p-3. The van der Waals surface area contributed by atoms with E-state index in [1.807, 2.05) is 0 Å². The molecule has 1 aliphatic rings. The summed E-state index contributed by atoms with van der Waals surface area (Å²) in [4.78, 5) is 6.43. The number of aliphatic carboxylic acids is 1. The summed E-state index contributed by atoms with van der Waals surface area (Å²) in [5.41, 5.74) is -0.170. The SMILES string of the molecule is CC(C)(C)c1cc2c(OCC(=O)[O-])c(c1)Sc1cc(S(=O)(=O)O)cc(c1[O-])Sc1cc(S(=O)(=O)O)cc(c1O)Sc1cc(S(=O)(=O)O)cc(c1[O-])S2.[Na+].[Na+].[Na+]. The molecule has 1 heterocycles. The van der Waals surface area contributed by atoms with Gasteiger partial charge in [0.25, 0.3) is 30.4 Å². The number of carbonyl (C=O) groups is 1. The minimum Gasteiger partial charge on any atom is -0.871 e. The molecule has 0 spiro atoms. The Morgan fingerprint density at radius 3 is 1.16 bits per heavy atom. The molecule has 4 aromatic carbocycles. The zero-order valence-corrected chi connectivity index (χ0v) is 41.2. The van der Waals surface area contributed by atoms with Crippen LogP contribution in [0.2, 0.25) is 0 Å². The van der Waals surface area contributed by atoms with E-state index in [4.69, 9.17) is 4.74 Å². The van der Waals surface area contributed by atoms with Gasteiger partial charge in [-0.15, -0.1) is 0 Å². The van der Waals surface area contributed by atoms with Crippen molar-refractivity contribution in [3.05, 3.63) is 54.1 Å². The molecule has 4 N–H and O–H groups in total. The van der Waals surface area contributed by atoms with Gasteiger partial charge in [-0.3, -0.25) is 13.7 Å². The maximum absolute atomic E-state index is 13.9. The number of rotatable bonds is 6. The molecule has 0 saturated carbocycles. The number of hydrogen-bond acceptors (Lipinski definition) is 16. The van der Waals surface area contributed by atoms with Gasteiger partial charge in [0, 0.05) is 19.6 Å². The van der Waals surface area contributed by atoms with E-state index in [0.717, 1.165) is 36.4 Å². The third kappa shape index (κ3) is 12.1. The number of carboxylic acid groups (broad SMARTS) is 1. The van der Waals surface area contributed by atoms with Crippen molar-refractivity contribution in [2.45, 2.75) is 80.0 Å². The van der Waals surface area contributed by atoms with E-state index in [0.29, 0.717) is 52.6 Å². The molecule has 4 aromatic rings. The summed E-state index contributed by atoms with van der Waals surface area (Å²) in [5.74, 6) is -4.51. The van der Waals surface area contributed by atoms with Crippen LogP contribution >= 0.6 is 47.0 Å². The number of hydrogen-bond donors (Lipinski definition) is 4. The summed E-state index contributed by atoms with van der Waals surface area (Å²) in [6, 6.07) is 7.62. The van der Waals surface area contributed by atoms with Crippen LogP contribution in [0.5, 0.6) is 23.0 Å². The van der Waals surface area contributed by atoms with Gasteiger partial charge in [-0.05, 0) is 59.5 Å². The van der Waals surface area contributed by atoms with Crippen LogP contribution in [0.3, 0.4) is 0 Å². The van der Waals surface area contributed by atoms with Crippen molar-refractivity contribution in [2.75, 3.05) is 6.61 Å². The van der Waals surface area contributed by atoms with Gasteiger partial charge in [0.05, 0.1) is 40.2 Å². The third-order valence-corrected chi connectivity index (χ3v) is 13.7. The quantitative estimate of drug-likeness (QED) is 0.0914. The minimum absolute atomic E-state index is 0. The molecule has 5 rings (SSSR count). The molecule has 0 radical (unpaired) electrons. The Morgan fingerprint density at radius 2 is 0.891 bits per heavy atom. The van der Waals surface area contributed by atoms with E-state index in [9.17, 15) is 64.1 Å². The molecule has 25 heteroatoms. The van der Waals surface area contributed by atoms with Crippen LogP contribution in [0.1, 0.15) is 26.3 Å². The summed E-state index contributed by atoms with van der Waals surface area (Å²) in [5, 5.41) is 50.7. The second-order valence-electron chi connectivity index (χ2n) is 11.8. The van der Waals surface area contributed by atoms with Crippen molar-refractivity contribution in [3.8, 4) is 23.0 Å². The molecule has 0 fully saturated rings. The van der Waals surface area contributed by atoms with Gasteiger partial charge in [-0.25, -0.2) is 0 Å². The third-order valence-electron chi connectivity index (χ3n) is 7.00. The second kappa shape index (κ2) is 18.9. The van der Waals surface area contributed by atoms with E-state index < -0.39 is 99.9 Å². The van der Waals surface area contributed by atoms with Crippen molar-refractivity contribution in [3.63, 3.8) is 0 Å². The predicted molar refractivity (Wildman–Crippen MR) is 181 cm³/mol. The van der Waals surface area contributed by atoms with Gasteiger partial charge >= 0.3 is 88.7 Å². The second-order valence-corrected chi connectivity index (χ2v) is 20.4. The Labute approximate surface area is 399 Å². The Morgan fingerprint density at radius 1 is 0.600 bits per heavy atom. The van der Waals surface area contributed by atoms with Crippen LogP contribution in [0.15, 0.2) is 102 Å². The molecule has 278 valence electrons. The van der Waals surface area contributed by atoms with Crippen molar-refractivity contribution in [2.24, 2.45) is 0 Å². The van der Waals surface area contributed by atoms with Crippen LogP contribution in [0, 0.1) is 0 Å². The fraction of sp³-hybridized carbons (Fsp3) is 0.167. The molecule has 0 amide bonds. The van der Waals surface area contributed by atoms with E-state index in [-0.39, 0.29) is 114 Å². The van der Waals surface area contributed by atoms with Crippen LogP contribution < -0.4 is 109 Å². The van der Waals surface area contributed by atoms with Crippen molar-refractivity contribution >= 4 is 83.4 Å². The number of benzene rings is 4. The molecule has 0 atom stereocenters. The molecule has 8 bridgehead atoms. The molecule has 1 aliphatic heterocycles. The monoisotopic (exact) mass is 916 g/mol. The number of fused-ring (bicyclic) bond motifs is 8. The Hall–Kier alpha value is -0.320. The summed E-state index contributed by atoms with van der Waals surface area (Å²) < 4.78 is 110. The van der Waals surface area contributed by atoms with Gasteiger partial charge in [-0.2, -0.15) is 25.3 Å². The number of aromatic hydroxyl groups is 1. The zero-order valence-electron chi connectivity index (χ0n) is 29.5. The Balaban J connectivity index is 0.00000348. The van der Waals surface area contributed by atoms with E-state index >= 15 is 0 Å². The number of phenolic OH excluding ortho intramolecular Hbond substituents is 1. The summed E-state index contributed by atoms with van der Waals surface area (Å²) in [7, 11) is -15.1. The maximum atomic E-state index is 13.9. The number of ether oxygens (including phenoxy) is 1. The first-order valence-corrected chi connectivity index (χ1v) is 21.6. The zero-order chi connectivity index (χ0) is 38.7. The first-order chi connectivity index (χ1) is 23.8.